The summed E-state index contributed by atoms with van der Waals surface area (Å²) < 4.78 is 3.91. The van der Waals surface area contributed by atoms with Crippen molar-refractivity contribution in [2.24, 2.45) is 0 Å². The highest BCUT2D eigenvalue weighted by atomic mass is 16.2. The van der Waals surface area contributed by atoms with Crippen molar-refractivity contribution < 1.29 is 9.59 Å². The first-order valence-electron chi connectivity index (χ1n) is 12.0. The minimum Gasteiger partial charge on any atom is -0.383 e. The maximum Gasteiger partial charge on any atom is 0.246 e. The van der Waals surface area contributed by atoms with Gasteiger partial charge >= 0.3 is 0 Å². The van der Waals surface area contributed by atoms with Gasteiger partial charge in [-0.25, -0.2) is 9.97 Å². The molecule has 1 saturated carbocycles. The fraction of sp³-hybridized carbons (Fsp3) is 0.296. The van der Waals surface area contributed by atoms with Crippen LogP contribution >= 0.6 is 0 Å². The van der Waals surface area contributed by atoms with E-state index in [4.69, 9.17) is 10.8 Å². The zero-order valence-electron chi connectivity index (χ0n) is 19.9. The predicted molar refractivity (Wildman–Crippen MR) is 136 cm³/mol. The molecule has 180 valence electrons. The zero-order valence-corrected chi connectivity index (χ0v) is 19.9. The van der Waals surface area contributed by atoms with E-state index in [1.54, 1.807) is 9.58 Å². The number of Topliss-reactive ketones (excluding diaryl/α,β-unsaturated/α-hetero) is 1. The molecule has 0 aromatic carbocycles. The lowest BCUT2D eigenvalue weighted by Crippen LogP contribution is -2.27. The van der Waals surface area contributed by atoms with Crippen molar-refractivity contribution in [2.45, 2.75) is 38.1 Å². The van der Waals surface area contributed by atoms with Crippen LogP contribution in [0.25, 0.3) is 16.6 Å². The Morgan fingerprint density at radius 2 is 2.03 bits per heavy atom. The van der Waals surface area contributed by atoms with E-state index in [0.29, 0.717) is 47.6 Å². The van der Waals surface area contributed by atoms with Gasteiger partial charge in [0.05, 0.1) is 22.5 Å². The molecule has 2 aliphatic rings. The summed E-state index contributed by atoms with van der Waals surface area (Å²) in [6.45, 7) is 6.13. The molecule has 5 heterocycles. The first-order chi connectivity index (χ1) is 17.4. The molecular formula is C27H25N7O2. The van der Waals surface area contributed by atoms with Crippen LogP contribution in [0.2, 0.25) is 0 Å². The second kappa shape index (κ2) is 8.34. The molecule has 6 rings (SSSR count). The van der Waals surface area contributed by atoms with Crippen LogP contribution in [0.1, 0.15) is 65.5 Å². The number of nitrogen functional groups attached to an aromatic ring is 1. The van der Waals surface area contributed by atoms with E-state index >= 15 is 0 Å². The second-order valence-electron chi connectivity index (χ2n) is 9.41. The second-order valence-corrected chi connectivity index (χ2v) is 9.41. The molecule has 2 N–H and O–H groups in total. The third-order valence-corrected chi connectivity index (χ3v) is 6.99. The van der Waals surface area contributed by atoms with E-state index in [1.165, 1.54) is 37.7 Å². The number of pyridine rings is 2. The summed E-state index contributed by atoms with van der Waals surface area (Å²) in [5.41, 5.74) is 10.7. The van der Waals surface area contributed by atoms with Gasteiger partial charge in [-0.15, -0.1) is 0 Å². The van der Waals surface area contributed by atoms with Crippen molar-refractivity contribution >= 4 is 34.1 Å². The molecule has 0 unspecified atom stereocenters. The van der Waals surface area contributed by atoms with Gasteiger partial charge in [0.25, 0.3) is 0 Å². The molecule has 1 aliphatic heterocycles. The minimum atomic E-state index is -0.138. The molecule has 4 aromatic rings. The highest BCUT2D eigenvalue weighted by Crippen LogP contribution is 2.40. The number of fused-ring (bicyclic) bond motifs is 2. The first kappa shape index (κ1) is 22.0. The quantitative estimate of drug-likeness (QED) is 0.274. The van der Waals surface area contributed by atoms with Crippen molar-refractivity contribution in [1.82, 2.24) is 29.0 Å². The number of carbonyl (C=O) groups excluding carboxylic acids is 2. The molecule has 0 bridgehead atoms. The monoisotopic (exact) mass is 479 g/mol. The van der Waals surface area contributed by atoms with E-state index in [0.717, 1.165) is 11.2 Å². The normalized spacial score (nSPS) is 17.4. The molecule has 2 fully saturated rings. The smallest absolute Gasteiger partial charge is 0.246 e. The highest BCUT2D eigenvalue weighted by Gasteiger charge is 2.30. The molecule has 1 saturated heterocycles. The molecule has 9 heteroatoms. The number of hydrogen-bond donors (Lipinski definition) is 1. The van der Waals surface area contributed by atoms with Crippen LogP contribution < -0.4 is 5.73 Å². The Bertz CT molecular complexity index is 1630. The maximum absolute atomic E-state index is 12.5. The summed E-state index contributed by atoms with van der Waals surface area (Å²) in [7, 11) is 0. The lowest BCUT2D eigenvalue weighted by atomic mass is 10.1. The number of hydrogen-bond acceptors (Lipinski definition) is 6. The molecule has 0 radical (unpaired) electrons. The average molecular weight is 480 g/mol. The van der Waals surface area contributed by atoms with Gasteiger partial charge in [-0.1, -0.05) is 12.5 Å². The van der Waals surface area contributed by atoms with E-state index in [9.17, 15) is 9.59 Å². The molecule has 9 nitrogen and oxygen atoms in total. The molecule has 4 aromatic heterocycles. The summed E-state index contributed by atoms with van der Waals surface area (Å²) in [6.07, 6.45) is 9.87. The molecule has 1 amide bonds. The van der Waals surface area contributed by atoms with E-state index in [-0.39, 0.29) is 23.6 Å². The average Bonchev–Trinajstić information content (AvgIpc) is 3.28. The van der Waals surface area contributed by atoms with Gasteiger partial charge in [0.1, 0.15) is 17.2 Å². The summed E-state index contributed by atoms with van der Waals surface area (Å²) in [6, 6.07) is 3.80. The van der Waals surface area contributed by atoms with Gasteiger partial charge < -0.3 is 15.0 Å². The molecule has 1 aliphatic carbocycles. The van der Waals surface area contributed by atoms with Crippen LogP contribution in [0.4, 0.5) is 5.82 Å². The van der Waals surface area contributed by atoms with Crippen LogP contribution in [-0.2, 0) is 4.79 Å². The third kappa shape index (κ3) is 3.62. The molecular weight excluding hydrogens is 454 g/mol. The van der Waals surface area contributed by atoms with Gasteiger partial charge in [-0.05, 0) is 50.3 Å². The number of ketones is 1. The van der Waals surface area contributed by atoms with Crippen molar-refractivity contribution in [2.75, 3.05) is 18.8 Å². The maximum atomic E-state index is 12.5. The summed E-state index contributed by atoms with van der Waals surface area (Å²) >= 11 is 0. The third-order valence-electron chi connectivity index (χ3n) is 6.99. The van der Waals surface area contributed by atoms with E-state index < -0.39 is 0 Å². The minimum absolute atomic E-state index is 0.117. The fourth-order valence-electron chi connectivity index (χ4n) is 4.97. The van der Waals surface area contributed by atoms with Crippen molar-refractivity contribution in [1.29, 1.82) is 0 Å². The summed E-state index contributed by atoms with van der Waals surface area (Å²) in [5, 5.41) is 5.35. The van der Waals surface area contributed by atoms with Crippen molar-refractivity contribution in [3.63, 3.8) is 0 Å². The predicted octanol–water partition coefficient (Wildman–Crippen LogP) is 3.10. The standard InChI is InChI=1S/C27H25N7O2/c1-3-24(36)32-10-9-19(15-32)34-26-20(16(2)35)13-30-27(28)25(26)21(31-34)7-4-17-8-11-33-22(18-5-6-18)14-29-23(33)12-17/h3,8,11-14,18-19H,1,5-6,9-10,15H2,2H3,(H2,28,30)/t19-/m0/s1. The zero-order chi connectivity index (χ0) is 25.0. The number of aromatic nitrogens is 5. The Morgan fingerprint density at radius 1 is 1.19 bits per heavy atom. The largest absolute Gasteiger partial charge is 0.383 e. The SMILES string of the molecule is C=CC(=O)N1CC[C@H](n2nc(C#Cc3ccn4c(C5CC5)cnc4c3)c3c(N)ncc(C(C)=O)c32)C1. The number of imidazole rings is 1. The lowest BCUT2D eigenvalue weighted by molar-refractivity contribution is -0.125. The number of amides is 1. The van der Waals surface area contributed by atoms with E-state index in [1.807, 2.05) is 24.5 Å². The number of likely N-dealkylation sites (tertiary alicyclic amines) is 1. The van der Waals surface area contributed by atoms with Gasteiger partial charge in [0.15, 0.2) is 5.78 Å². The van der Waals surface area contributed by atoms with Gasteiger partial charge in [0, 0.05) is 48.9 Å². The molecule has 36 heavy (non-hydrogen) atoms. The van der Waals surface area contributed by atoms with Gasteiger partial charge in [0.2, 0.25) is 5.91 Å². The highest BCUT2D eigenvalue weighted by molar-refractivity contribution is 6.09. The first-order valence-corrected chi connectivity index (χ1v) is 12.0. The number of anilines is 1. The number of nitrogens with zero attached hydrogens (tertiary/aromatic N) is 6. The Labute approximate surface area is 207 Å². The topological polar surface area (TPSA) is 111 Å². The number of nitrogens with two attached hydrogens (primary N) is 1. The fourth-order valence-corrected chi connectivity index (χ4v) is 4.97. The molecule has 1 atom stereocenters. The number of carbonyl (C=O) groups is 2. The summed E-state index contributed by atoms with van der Waals surface area (Å²) in [4.78, 5) is 35.1. The number of rotatable bonds is 4. The Balaban J connectivity index is 1.44. The van der Waals surface area contributed by atoms with Gasteiger partial charge in [-0.3, -0.25) is 14.3 Å². The van der Waals surface area contributed by atoms with Crippen molar-refractivity contribution in [3.8, 4) is 11.8 Å². The van der Waals surface area contributed by atoms with Crippen LogP contribution in [0.15, 0.2) is 43.4 Å². The van der Waals surface area contributed by atoms with Crippen LogP contribution in [0.5, 0.6) is 0 Å². The summed E-state index contributed by atoms with van der Waals surface area (Å²) in [5.74, 6) is 6.96. The van der Waals surface area contributed by atoms with Gasteiger partial charge in [-0.2, -0.15) is 5.10 Å². The van der Waals surface area contributed by atoms with Crippen LogP contribution in [-0.4, -0.2) is 53.8 Å². The lowest BCUT2D eigenvalue weighted by Gasteiger charge is -2.16. The van der Waals surface area contributed by atoms with Crippen LogP contribution in [0.3, 0.4) is 0 Å². The van der Waals surface area contributed by atoms with E-state index in [2.05, 4.69) is 32.8 Å². The molecule has 0 spiro atoms. The van der Waals surface area contributed by atoms with Crippen LogP contribution in [0, 0.1) is 11.8 Å². The Hall–Kier alpha value is -4.45. The Kier molecular flexibility index (Phi) is 5.11. The van der Waals surface area contributed by atoms with Crippen molar-refractivity contribution in [3.05, 3.63) is 65.9 Å². The Morgan fingerprint density at radius 3 is 2.78 bits per heavy atom.